The Morgan fingerprint density at radius 1 is 1.00 bits per heavy atom. The van der Waals surface area contributed by atoms with Crippen LogP contribution in [0.5, 0.6) is 5.75 Å². The summed E-state index contributed by atoms with van der Waals surface area (Å²) < 4.78 is 18.4. The first-order valence-electron chi connectivity index (χ1n) is 7.47. The predicted octanol–water partition coefficient (Wildman–Crippen LogP) is 2.58. The van der Waals surface area contributed by atoms with E-state index in [1.54, 1.807) is 6.07 Å². The zero-order chi connectivity index (χ0) is 17.5. The number of aryl methyl sites for hydroxylation is 2. The van der Waals surface area contributed by atoms with Gasteiger partial charge >= 0.3 is 0 Å². The molecule has 0 aliphatic carbocycles. The Labute approximate surface area is 139 Å². The standard InChI is InChI=1S/C18H19FN2O3/c1-12-6-5-7-13(2)18(12)21-16(22)10-20-17(23)11-24-15-9-4-3-8-14(15)19/h3-9H,10-11H2,1-2H3,(H,20,23)(H,21,22). The number of hydrogen-bond acceptors (Lipinski definition) is 3. The molecule has 0 spiro atoms. The number of amides is 2. The van der Waals surface area contributed by atoms with E-state index < -0.39 is 11.7 Å². The topological polar surface area (TPSA) is 67.4 Å². The van der Waals surface area contributed by atoms with Crippen LogP contribution in [0.15, 0.2) is 42.5 Å². The van der Waals surface area contributed by atoms with Gasteiger partial charge in [0.05, 0.1) is 6.54 Å². The van der Waals surface area contributed by atoms with Crippen LogP contribution in [0, 0.1) is 19.7 Å². The summed E-state index contributed by atoms with van der Waals surface area (Å²) in [5.74, 6) is -1.40. The van der Waals surface area contributed by atoms with Crippen molar-refractivity contribution in [2.24, 2.45) is 0 Å². The number of rotatable bonds is 6. The summed E-state index contributed by atoms with van der Waals surface area (Å²) in [6.45, 7) is 3.23. The lowest BCUT2D eigenvalue weighted by Gasteiger charge is -2.12. The fourth-order valence-corrected chi connectivity index (χ4v) is 2.13. The number of para-hydroxylation sites is 2. The van der Waals surface area contributed by atoms with Crippen molar-refractivity contribution in [3.8, 4) is 5.75 Å². The van der Waals surface area contributed by atoms with Gasteiger partial charge in [-0.3, -0.25) is 9.59 Å². The van der Waals surface area contributed by atoms with E-state index in [1.807, 2.05) is 32.0 Å². The molecule has 6 heteroatoms. The summed E-state index contributed by atoms with van der Waals surface area (Å²) in [4.78, 5) is 23.6. The molecule has 2 aromatic rings. The van der Waals surface area contributed by atoms with Gasteiger partial charge in [0.15, 0.2) is 18.2 Å². The quantitative estimate of drug-likeness (QED) is 0.855. The molecule has 2 aromatic carbocycles. The molecule has 2 N–H and O–H groups in total. The van der Waals surface area contributed by atoms with Crippen LogP contribution in [0.4, 0.5) is 10.1 Å². The molecule has 0 atom stereocenters. The number of nitrogens with one attached hydrogen (secondary N) is 2. The Bertz CT molecular complexity index is 727. The number of ether oxygens (including phenoxy) is 1. The van der Waals surface area contributed by atoms with Crippen molar-refractivity contribution in [3.63, 3.8) is 0 Å². The maximum Gasteiger partial charge on any atom is 0.258 e. The zero-order valence-corrected chi connectivity index (χ0v) is 13.6. The molecular formula is C18H19FN2O3. The largest absolute Gasteiger partial charge is 0.481 e. The number of hydrogen-bond donors (Lipinski definition) is 2. The third-order valence-electron chi connectivity index (χ3n) is 3.39. The SMILES string of the molecule is Cc1cccc(C)c1NC(=O)CNC(=O)COc1ccccc1F. The second kappa shape index (κ2) is 8.10. The van der Waals surface area contributed by atoms with Gasteiger partial charge in [-0.05, 0) is 37.1 Å². The molecule has 24 heavy (non-hydrogen) atoms. The Kier molecular flexibility index (Phi) is 5.89. The molecule has 5 nitrogen and oxygen atoms in total. The van der Waals surface area contributed by atoms with Crippen molar-refractivity contribution in [2.45, 2.75) is 13.8 Å². The minimum absolute atomic E-state index is 0.00682. The van der Waals surface area contributed by atoms with Crippen LogP contribution in [-0.2, 0) is 9.59 Å². The summed E-state index contributed by atoms with van der Waals surface area (Å²) in [6.07, 6.45) is 0. The summed E-state index contributed by atoms with van der Waals surface area (Å²) >= 11 is 0. The number of carbonyl (C=O) groups excluding carboxylic acids is 2. The molecule has 0 aliphatic rings. The van der Waals surface area contributed by atoms with Crippen LogP contribution >= 0.6 is 0 Å². The van der Waals surface area contributed by atoms with Crippen LogP contribution in [0.3, 0.4) is 0 Å². The highest BCUT2D eigenvalue weighted by Crippen LogP contribution is 2.19. The molecular weight excluding hydrogens is 311 g/mol. The predicted molar refractivity (Wildman–Crippen MR) is 89.5 cm³/mol. The maximum atomic E-state index is 13.4. The first-order chi connectivity index (χ1) is 11.5. The van der Waals surface area contributed by atoms with Crippen molar-refractivity contribution < 1.29 is 18.7 Å². The molecule has 2 rings (SSSR count). The van der Waals surface area contributed by atoms with Crippen LogP contribution < -0.4 is 15.4 Å². The molecule has 0 heterocycles. The molecule has 126 valence electrons. The summed E-state index contributed by atoms with van der Waals surface area (Å²) in [5, 5.41) is 5.20. The van der Waals surface area contributed by atoms with E-state index in [0.29, 0.717) is 0 Å². The van der Waals surface area contributed by atoms with Gasteiger partial charge in [-0.25, -0.2) is 4.39 Å². The molecule has 0 saturated heterocycles. The van der Waals surface area contributed by atoms with Gasteiger partial charge in [0.1, 0.15) is 0 Å². The molecule has 0 fully saturated rings. The lowest BCUT2D eigenvalue weighted by atomic mass is 10.1. The van der Waals surface area contributed by atoms with Gasteiger partial charge in [0, 0.05) is 5.69 Å². The molecule has 0 radical (unpaired) electrons. The van der Waals surface area contributed by atoms with Crippen molar-refractivity contribution >= 4 is 17.5 Å². The Morgan fingerprint density at radius 2 is 1.67 bits per heavy atom. The lowest BCUT2D eigenvalue weighted by Crippen LogP contribution is -2.36. The van der Waals surface area contributed by atoms with Gasteiger partial charge in [0.25, 0.3) is 5.91 Å². The van der Waals surface area contributed by atoms with E-state index >= 15 is 0 Å². The van der Waals surface area contributed by atoms with E-state index in [4.69, 9.17) is 4.74 Å². The second-order valence-corrected chi connectivity index (χ2v) is 5.31. The van der Waals surface area contributed by atoms with E-state index in [1.165, 1.54) is 18.2 Å². The van der Waals surface area contributed by atoms with E-state index in [0.717, 1.165) is 16.8 Å². The fourth-order valence-electron chi connectivity index (χ4n) is 2.13. The highest BCUT2D eigenvalue weighted by molar-refractivity contribution is 5.95. The van der Waals surface area contributed by atoms with E-state index in [9.17, 15) is 14.0 Å². The normalized spacial score (nSPS) is 10.1. The molecule has 0 aliphatic heterocycles. The fraction of sp³-hybridized carbons (Fsp3) is 0.222. The minimum atomic E-state index is -0.543. The molecule has 0 aromatic heterocycles. The highest BCUT2D eigenvalue weighted by atomic mass is 19.1. The Morgan fingerprint density at radius 3 is 2.33 bits per heavy atom. The first-order valence-corrected chi connectivity index (χ1v) is 7.47. The lowest BCUT2D eigenvalue weighted by molar-refractivity contribution is -0.125. The van der Waals surface area contributed by atoms with E-state index in [-0.39, 0.29) is 24.8 Å². The smallest absolute Gasteiger partial charge is 0.258 e. The average molecular weight is 330 g/mol. The van der Waals surface area contributed by atoms with Gasteiger partial charge in [-0.15, -0.1) is 0 Å². The highest BCUT2D eigenvalue weighted by Gasteiger charge is 2.10. The van der Waals surface area contributed by atoms with Crippen molar-refractivity contribution in [2.75, 3.05) is 18.5 Å². The monoisotopic (exact) mass is 330 g/mol. The Balaban J connectivity index is 1.79. The Hall–Kier alpha value is -2.89. The second-order valence-electron chi connectivity index (χ2n) is 5.31. The van der Waals surface area contributed by atoms with Gasteiger partial charge in [0.2, 0.25) is 5.91 Å². The van der Waals surface area contributed by atoms with Gasteiger partial charge in [-0.1, -0.05) is 30.3 Å². The van der Waals surface area contributed by atoms with Crippen LogP contribution in [0.2, 0.25) is 0 Å². The van der Waals surface area contributed by atoms with Gasteiger partial charge in [-0.2, -0.15) is 0 Å². The molecule has 2 amide bonds. The third-order valence-corrected chi connectivity index (χ3v) is 3.39. The number of benzene rings is 2. The van der Waals surface area contributed by atoms with Crippen molar-refractivity contribution in [3.05, 3.63) is 59.4 Å². The maximum absolute atomic E-state index is 13.4. The van der Waals surface area contributed by atoms with Crippen molar-refractivity contribution in [1.82, 2.24) is 5.32 Å². The first kappa shape index (κ1) is 17.5. The van der Waals surface area contributed by atoms with Crippen LogP contribution in [0.1, 0.15) is 11.1 Å². The van der Waals surface area contributed by atoms with Crippen LogP contribution in [-0.4, -0.2) is 25.0 Å². The summed E-state index contributed by atoms with van der Waals surface area (Å²) in [5.41, 5.74) is 2.62. The van der Waals surface area contributed by atoms with Crippen LogP contribution in [0.25, 0.3) is 0 Å². The van der Waals surface area contributed by atoms with E-state index in [2.05, 4.69) is 10.6 Å². The summed E-state index contributed by atoms with van der Waals surface area (Å²) in [6, 6.07) is 11.5. The number of carbonyl (C=O) groups is 2. The average Bonchev–Trinajstić information content (AvgIpc) is 2.56. The minimum Gasteiger partial charge on any atom is -0.481 e. The molecule has 0 saturated carbocycles. The zero-order valence-electron chi connectivity index (χ0n) is 13.6. The summed E-state index contributed by atoms with van der Waals surface area (Å²) in [7, 11) is 0. The molecule has 0 bridgehead atoms. The number of anilines is 1. The third kappa shape index (κ3) is 4.81. The van der Waals surface area contributed by atoms with Gasteiger partial charge < -0.3 is 15.4 Å². The molecule has 0 unspecified atom stereocenters. The number of halogens is 1. The van der Waals surface area contributed by atoms with Crippen molar-refractivity contribution in [1.29, 1.82) is 0 Å².